The molecule has 2 aromatic rings. The second kappa shape index (κ2) is 6.96. The van der Waals surface area contributed by atoms with E-state index in [1.54, 1.807) is 36.4 Å². The summed E-state index contributed by atoms with van der Waals surface area (Å²) in [6.45, 7) is 2.46. The predicted molar refractivity (Wildman–Crippen MR) is 91.3 cm³/mol. The molecule has 0 fully saturated rings. The van der Waals surface area contributed by atoms with E-state index in [1.165, 1.54) is 18.2 Å². The Morgan fingerprint density at radius 1 is 1.20 bits per heavy atom. The fourth-order valence-corrected chi connectivity index (χ4v) is 2.32. The van der Waals surface area contributed by atoms with E-state index >= 15 is 0 Å². The van der Waals surface area contributed by atoms with Crippen molar-refractivity contribution in [3.05, 3.63) is 75.5 Å². The molecular formula is C18H14N2O5. The van der Waals surface area contributed by atoms with Crippen LogP contribution in [-0.2, 0) is 9.53 Å². The summed E-state index contributed by atoms with van der Waals surface area (Å²) < 4.78 is 10.5. The Hall–Kier alpha value is -3.48. The third kappa shape index (κ3) is 3.55. The van der Waals surface area contributed by atoms with Gasteiger partial charge in [-0.2, -0.15) is 0 Å². The van der Waals surface area contributed by atoms with Crippen LogP contribution >= 0.6 is 0 Å². The van der Waals surface area contributed by atoms with Gasteiger partial charge in [-0.3, -0.25) is 10.1 Å². The summed E-state index contributed by atoms with van der Waals surface area (Å²) in [5.41, 5.74) is 0.813. The number of benzene rings is 2. The fraction of sp³-hybridized carbons (Fsp3) is 0.111. The highest BCUT2D eigenvalue weighted by molar-refractivity contribution is 6.14. The largest absolute Gasteiger partial charge is 0.494 e. The highest BCUT2D eigenvalue weighted by Crippen LogP contribution is 2.25. The van der Waals surface area contributed by atoms with E-state index in [2.05, 4.69) is 4.99 Å². The number of hydrogen-bond acceptors (Lipinski definition) is 6. The minimum atomic E-state index is -0.651. The summed E-state index contributed by atoms with van der Waals surface area (Å²) in [6, 6.07) is 13.1. The summed E-state index contributed by atoms with van der Waals surface area (Å²) in [7, 11) is 0. The molecule has 7 heteroatoms. The van der Waals surface area contributed by atoms with Crippen molar-refractivity contribution in [1.82, 2.24) is 0 Å². The average Bonchev–Trinajstić information content (AvgIpc) is 2.97. The van der Waals surface area contributed by atoms with Crippen molar-refractivity contribution in [1.29, 1.82) is 0 Å². The lowest BCUT2D eigenvalue weighted by molar-refractivity contribution is -0.385. The highest BCUT2D eigenvalue weighted by atomic mass is 16.6. The van der Waals surface area contributed by atoms with Crippen LogP contribution in [0, 0.1) is 10.1 Å². The quantitative estimate of drug-likeness (QED) is 0.361. The Labute approximate surface area is 143 Å². The lowest BCUT2D eigenvalue weighted by Gasteiger charge is -2.02. The van der Waals surface area contributed by atoms with Crippen molar-refractivity contribution in [2.75, 3.05) is 6.61 Å². The number of carbonyl (C=O) groups excluding carboxylic acids is 1. The van der Waals surface area contributed by atoms with E-state index in [1.807, 2.05) is 6.92 Å². The van der Waals surface area contributed by atoms with Gasteiger partial charge in [-0.05, 0) is 36.8 Å². The Morgan fingerprint density at radius 2 is 1.92 bits per heavy atom. The maximum Gasteiger partial charge on any atom is 0.363 e. The molecule has 1 heterocycles. The number of para-hydroxylation sites is 1. The zero-order valence-electron chi connectivity index (χ0n) is 13.3. The molecule has 1 aliphatic heterocycles. The highest BCUT2D eigenvalue weighted by Gasteiger charge is 2.28. The first-order valence-electron chi connectivity index (χ1n) is 7.57. The maximum absolute atomic E-state index is 12.0. The van der Waals surface area contributed by atoms with Crippen LogP contribution in [-0.4, -0.2) is 23.4 Å². The Bertz CT molecular complexity index is 885. The molecule has 0 N–H and O–H groups in total. The number of aliphatic imine (C=N–C) groups is 1. The molecule has 0 atom stereocenters. The Kier molecular flexibility index (Phi) is 4.56. The maximum atomic E-state index is 12.0. The SMILES string of the molecule is CCOc1ccc(/C=C2\N=C(c3ccccc3[N+](=O)[O-])OC2=O)cc1. The van der Waals surface area contributed by atoms with Gasteiger partial charge >= 0.3 is 5.97 Å². The van der Waals surface area contributed by atoms with Crippen molar-refractivity contribution < 1.29 is 19.2 Å². The molecule has 0 aliphatic carbocycles. The molecule has 0 saturated carbocycles. The van der Waals surface area contributed by atoms with E-state index in [0.29, 0.717) is 6.61 Å². The van der Waals surface area contributed by atoms with Crippen LogP contribution in [0.25, 0.3) is 6.08 Å². The molecule has 0 bridgehead atoms. The van der Waals surface area contributed by atoms with Gasteiger partial charge in [0.2, 0.25) is 5.90 Å². The number of nitro benzene ring substituents is 1. The average molecular weight is 338 g/mol. The van der Waals surface area contributed by atoms with Crippen molar-refractivity contribution in [2.45, 2.75) is 6.92 Å². The van der Waals surface area contributed by atoms with Gasteiger partial charge in [0.05, 0.1) is 11.5 Å². The van der Waals surface area contributed by atoms with Gasteiger partial charge in [0.15, 0.2) is 5.70 Å². The van der Waals surface area contributed by atoms with Crippen LogP contribution < -0.4 is 4.74 Å². The van der Waals surface area contributed by atoms with E-state index < -0.39 is 10.9 Å². The standard InChI is InChI=1S/C18H14N2O5/c1-2-24-13-9-7-12(8-10-13)11-15-18(21)25-17(19-15)14-5-3-4-6-16(14)20(22)23/h3-11H,2H2,1H3/b15-11-. The molecule has 0 amide bonds. The summed E-state index contributed by atoms with van der Waals surface area (Å²) in [6.07, 6.45) is 1.56. The molecule has 2 aromatic carbocycles. The smallest absolute Gasteiger partial charge is 0.363 e. The molecule has 1 aliphatic rings. The van der Waals surface area contributed by atoms with Crippen LogP contribution in [0.1, 0.15) is 18.1 Å². The van der Waals surface area contributed by atoms with Crippen LogP contribution in [0.2, 0.25) is 0 Å². The van der Waals surface area contributed by atoms with Gasteiger partial charge in [0.1, 0.15) is 11.3 Å². The zero-order chi connectivity index (χ0) is 17.8. The van der Waals surface area contributed by atoms with Crippen molar-refractivity contribution >= 4 is 23.6 Å². The first kappa shape index (κ1) is 16.4. The lowest BCUT2D eigenvalue weighted by Crippen LogP contribution is -2.07. The van der Waals surface area contributed by atoms with Crippen LogP contribution in [0.3, 0.4) is 0 Å². The third-order valence-corrected chi connectivity index (χ3v) is 3.45. The second-order valence-corrected chi connectivity index (χ2v) is 5.11. The number of cyclic esters (lactones) is 1. The number of rotatable bonds is 5. The molecule has 0 aromatic heterocycles. The number of nitro groups is 1. The van der Waals surface area contributed by atoms with Crippen molar-refractivity contribution in [3.63, 3.8) is 0 Å². The monoisotopic (exact) mass is 338 g/mol. The van der Waals surface area contributed by atoms with Gasteiger partial charge in [-0.15, -0.1) is 0 Å². The summed E-state index contributed by atoms with van der Waals surface area (Å²) in [5.74, 6) is -0.000675. The van der Waals surface area contributed by atoms with Gasteiger partial charge in [0.25, 0.3) is 5.69 Å². The minimum Gasteiger partial charge on any atom is -0.494 e. The van der Waals surface area contributed by atoms with E-state index in [4.69, 9.17) is 9.47 Å². The summed E-state index contributed by atoms with van der Waals surface area (Å²) >= 11 is 0. The lowest BCUT2D eigenvalue weighted by atomic mass is 10.2. The molecule has 0 spiro atoms. The number of nitrogens with zero attached hydrogens (tertiary/aromatic N) is 2. The Balaban J connectivity index is 1.91. The van der Waals surface area contributed by atoms with Gasteiger partial charge < -0.3 is 9.47 Å². The zero-order valence-corrected chi connectivity index (χ0v) is 13.3. The number of carbonyl (C=O) groups is 1. The molecule has 25 heavy (non-hydrogen) atoms. The van der Waals surface area contributed by atoms with Crippen molar-refractivity contribution in [3.8, 4) is 5.75 Å². The molecule has 126 valence electrons. The molecule has 0 saturated heterocycles. The molecule has 7 nitrogen and oxygen atoms in total. The first-order chi connectivity index (χ1) is 12.1. The number of esters is 1. The number of ether oxygens (including phenoxy) is 2. The molecule has 0 radical (unpaired) electrons. The van der Waals surface area contributed by atoms with Crippen LogP contribution in [0.5, 0.6) is 5.75 Å². The molecule has 3 rings (SSSR count). The molecule has 0 unspecified atom stereocenters. The van der Waals surface area contributed by atoms with E-state index in [-0.39, 0.29) is 22.8 Å². The van der Waals surface area contributed by atoms with Crippen molar-refractivity contribution in [2.24, 2.45) is 4.99 Å². The summed E-state index contributed by atoms with van der Waals surface area (Å²) in [5, 5.41) is 11.1. The fourth-order valence-electron chi connectivity index (χ4n) is 2.32. The topological polar surface area (TPSA) is 91.0 Å². The van der Waals surface area contributed by atoms with Gasteiger partial charge in [-0.25, -0.2) is 9.79 Å². The summed E-state index contributed by atoms with van der Waals surface area (Å²) in [4.78, 5) is 26.7. The normalized spacial score (nSPS) is 15.0. The Morgan fingerprint density at radius 3 is 2.60 bits per heavy atom. The molecular weight excluding hydrogens is 324 g/mol. The van der Waals surface area contributed by atoms with Crippen LogP contribution in [0.15, 0.2) is 59.2 Å². The predicted octanol–water partition coefficient (Wildman–Crippen LogP) is 3.34. The van der Waals surface area contributed by atoms with E-state index in [0.717, 1.165) is 11.3 Å². The number of hydrogen-bond donors (Lipinski definition) is 0. The van der Waals surface area contributed by atoms with E-state index in [9.17, 15) is 14.9 Å². The first-order valence-corrected chi connectivity index (χ1v) is 7.57. The third-order valence-electron chi connectivity index (χ3n) is 3.45. The van der Waals surface area contributed by atoms with Crippen LogP contribution in [0.4, 0.5) is 5.69 Å². The second-order valence-electron chi connectivity index (χ2n) is 5.11. The van der Waals surface area contributed by atoms with Gasteiger partial charge in [-0.1, -0.05) is 24.3 Å². The van der Waals surface area contributed by atoms with Gasteiger partial charge in [0, 0.05) is 6.07 Å². The minimum absolute atomic E-state index is 0.0745.